The summed E-state index contributed by atoms with van der Waals surface area (Å²) in [6.45, 7) is 14.0. The number of nitrogens with zero attached hydrogens (tertiary/aromatic N) is 1. The van der Waals surface area contributed by atoms with Crippen LogP contribution in [0, 0.1) is 31.6 Å². The van der Waals surface area contributed by atoms with Crippen molar-refractivity contribution in [3.05, 3.63) is 45.8 Å². The molecule has 7 nitrogen and oxygen atoms in total. The van der Waals surface area contributed by atoms with Gasteiger partial charge in [0.1, 0.15) is 10.6 Å². The topological polar surface area (TPSA) is 86.5 Å². The van der Waals surface area contributed by atoms with Crippen molar-refractivity contribution in [3.63, 3.8) is 0 Å². The van der Waals surface area contributed by atoms with Crippen molar-refractivity contribution in [2.24, 2.45) is 17.8 Å². The number of benzene rings is 1. The Morgan fingerprint density at radius 1 is 1.00 bits per heavy atom. The maximum Gasteiger partial charge on any atom is 0.223 e. The van der Waals surface area contributed by atoms with Crippen LogP contribution in [0.1, 0.15) is 73.9 Å². The van der Waals surface area contributed by atoms with Crippen LogP contribution in [0.25, 0.3) is 21.5 Å². The van der Waals surface area contributed by atoms with Crippen molar-refractivity contribution in [2.45, 2.75) is 90.1 Å². The van der Waals surface area contributed by atoms with Crippen LogP contribution in [-0.2, 0) is 26.2 Å². The van der Waals surface area contributed by atoms with Gasteiger partial charge in [-0.05, 0) is 114 Å². The molecule has 2 aromatic heterocycles. The molecule has 8 heteroatoms. The average molecular weight is 631 g/mol. The summed E-state index contributed by atoms with van der Waals surface area (Å²) in [5, 5.41) is 8.21. The number of H-pyrrole nitrogens is 1. The summed E-state index contributed by atoms with van der Waals surface area (Å²) >= 11 is 1.77. The molecule has 45 heavy (non-hydrogen) atoms. The van der Waals surface area contributed by atoms with Crippen LogP contribution in [0.2, 0.25) is 0 Å². The molecule has 3 unspecified atom stereocenters. The number of piperidine rings is 2. The van der Waals surface area contributed by atoms with E-state index in [9.17, 15) is 9.59 Å². The summed E-state index contributed by atoms with van der Waals surface area (Å²) in [4.78, 5) is 35.5. The van der Waals surface area contributed by atoms with Crippen LogP contribution in [-0.4, -0.2) is 73.1 Å². The quantitative estimate of drug-likeness (QED) is 0.274. The molecule has 3 aromatic rings. The van der Waals surface area contributed by atoms with Crippen molar-refractivity contribution in [1.29, 1.82) is 0 Å². The molecule has 7 rings (SSSR count). The lowest BCUT2D eigenvalue weighted by Gasteiger charge is -2.33. The number of ether oxygens (including phenoxy) is 1. The minimum Gasteiger partial charge on any atom is -0.381 e. The Morgan fingerprint density at radius 3 is 2.38 bits per heavy atom. The van der Waals surface area contributed by atoms with E-state index in [4.69, 9.17) is 4.74 Å². The summed E-state index contributed by atoms with van der Waals surface area (Å²) in [6, 6.07) is 9.77. The molecule has 3 saturated heterocycles. The predicted molar refractivity (Wildman–Crippen MR) is 182 cm³/mol. The number of carbonyl (C=O) groups is 2. The number of hydrogen-bond acceptors (Lipinski definition) is 6. The number of ketones is 1. The molecule has 0 radical (unpaired) electrons. The summed E-state index contributed by atoms with van der Waals surface area (Å²) in [5.41, 5.74) is 5.85. The van der Waals surface area contributed by atoms with E-state index in [1.54, 1.807) is 11.3 Å². The molecule has 3 aliphatic heterocycles. The molecule has 3 N–H and O–H groups in total. The Balaban J connectivity index is 1.09. The first kappa shape index (κ1) is 31.1. The van der Waals surface area contributed by atoms with E-state index in [0.717, 1.165) is 64.7 Å². The van der Waals surface area contributed by atoms with E-state index >= 15 is 0 Å². The monoisotopic (exact) mass is 630 g/mol. The number of aromatic amines is 1. The number of aryl methyl sites for hydroxylation is 2. The van der Waals surface area contributed by atoms with Gasteiger partial charge in [0, 0.05) is 67.0 Å². The second-order valence-corrected chi connectivity index (χ2v) is 15.9. The van der Waals surface area contributed by atoms with E-state index in [1.165, 1.54) is 49.5 Å². The highest BCUT2D eigenvalue weighted by Gasteiger charge is 2.50. The molecule has 4 fully saturated rings. The fourth-order valence-corrected chi connectivity index (χ4v) is 9.79. The highest BCUT2D eigenvalue weighted by molar-refractivity contribution is 7.19. The number of aromatic nitrogens is 1. The Kier molecular flexibility index (Phi) is 8.70. The molecular formula is C37H50N4O3S. The minimum absolute atomic E-state index is 0.109. The third-order valence-corrected chi connectivity index (χ3v) is 12.7. The van der Waals surface area contributed by atoms with Crippen LogP contribution in [0.5, 0.6) is 0 Å². The van der Waals surface area contributed by atoms with Crippen molar-refractivity contribution < 1.29 is 14.3 Å². The van der Waals surface area contributed by atoms with Gasteiger partial charge in [-0.25, -0.2) is 0 Å². The van der Waals surface area contributed by atoms with E-state index in [0.29, 0.717) is 31.0 Å². The number of thiophene rings is 1. The maximum atomic E-state index is 14.0. The maximum absolute atomic E-state index is 14.0. The van der Waals surface area contributed by atoms with Gasteiger partial charge in [0.15, 0.2) is 0 Å². The fraction of sp³-hybridized carbons (Fsp3) is 0.622. The highest BCUT2D eigenvalue weighted by Crippen LogP contribution is 2.45. The van der Waals surface area contributed by atoms with Crippen molar-refractivity contribution >= 4 is 33.2 Å². The van der Waals surface area contributed by atoms with Gasteiger partial charge in [-0.1, -0.05) is 17.2 Å². The van der Waals surface area contributed by atoms with Crippen molar-refractivity contribution in [2.75, 3.05) is 39.4 Å². The first-order valence-electron chi connectivity index (χ1n) is 17.3. The zero-order valence-corrected chi connectivity index (χ0v) is 28.3. The zero-order chi connectivity index (χ0) is 31.3. The van der Waals surface area contributed by atoms with Crippen LogP contribution in [0.3, 0.4) is 0 Å². The number of rotatable bonds is 9. The molecule has 1 aliphatic carbocycles. The van der Waals surface area contributed by atoms with Gasteiger partial charge in [0.25, 0.3) is 0 Å². The molecule has 2 bridgehead atoms. The summed E-state index contributed by atoms with van der Waals surface area (Å²) in [7, 11) is 0. The SMILES string of the molecule is Cc1cc(C)cc(-c2[nH]c3sc(C(C)(C)C(=O)C4C5CCC4NC5)cc3c2CCN2CCC(NC(=O)C3CCOCC3)CC2)c1. The molecule has 1 aromatic carbocycles. The first-order chi connectivity index (χ1) is 21.7. The third kappa shape index (κ3) is 6.16. The van der Waals surface area contributed by atoms with E-state index in [1.807, 2.05) is 0 Å². The van der Waals surface area contributed by atoms with E-state index < -0.39 is 5.41 Å². The normalized spacial score (nSPS) is 24.9. The van der Waals surface area contributed by atoms with Gasteiger partial charge in [0.2, 0.25) is 5.91 Å². The number of nitrogens with one attached hydrogen (secondary N) is 3. The smallest absolute Gasteiger partial charge is 0.223 e. The standard InChI is InChI=1S/C37H50N4O3S/c1-22-17-23(2)19-26(18-22)33-28(9-14-41-12-7-27(8-13-41)39-35(43)24-10-15-44-16-11-24)29-20-31(45-36(29)40-33)37(3,4)34(42)32-25-5-6-30(32)38-21-25/h17-20,24-25,27,30,32,38,40H,5-16,21H2,1-4H3,(H,39,43). The lowest BCUT2D eigenvalue weighted by atomic mass is 9.76. The zero-order valence-electron chi connectivity index (χ0n) is 27.5. The average Bonchev–Trinajstić information content (AvgIpc) is 3.81. The van der Waals surface area contributed by atoms with Crippen LogP contribution < -0.4 is 10.6 Å². The largest absolute Gasteiger partial charge is 0.381 e. The summed E-state index contributed by atoms with van der Waals surface area (Å²) in [6.07, 6.45) is 6.93. The van der Waals surface area contributed by atoms with Crippen LogP contribution >= 0.6 is 11.3 Å². The molecule has 1 amide bonds. The second-order valence-electron chi connectivity index (χ2n) is 14.8. The number of likely N-dealkylation sites (tertiary alicyclic amines) is 1. The highest BCUT2D eigenvalue weighted by atomic mass is 32.1. The van der Waals surface area contributed by atoms with Crippen molar-refractivity contribution in [3.8, 4) is 11.3 Å². The molecule has 1 saturated carbocycles. The lowest BCUT2D eigenvalue weighted by molar-refractivity contribution is -0.129. The van der Waals surface area contributed by atoms with Gasteiger partial charge in [-0.15, -0.1) is 11.3 Å². The first-order valence-corrected chi connectivity index (χ1v) is 18.1. The molecule has 0 spiro atoms. The number of carbonyl (C=O) groups excluding carboxylic acids is 2. The molecular weight excluding hydrogens is 580 g/mol. The Hall–Kier alpha value is -2.52. The second kappa shape index (κ2) is 12.6. The molecule has 5 heterocycles. The lowest BCUT2D eigenvalue weighted by Crippen LogP contribution is -2.47. The van der Waals surface area contributed by atoms with Crippen LogP contribution in [0.4, 0.5) is 0 Å². The van der Waals surface area contributed by atoms with Gasteiger partial charge in [0.05, 0.1) is 11.1 Å². The fourth-order valence-electron chi connectivity index (χ4n) is 8.59. The van der Waals surface area contributed by atoms with Gasteiger partial charge >= 0.3 is 0 Å². The van der Waals surface area contributed by atoms with Crippen LogP contribution in [0.15, 0.2) is 24.3 Å². The minimum atomic E-state index is -0.504. The van der Waals surface area contributed by atoms with Crippen molar-refractivity contribution in [1.82, 2.24) is 20.5 Å². The molecule has 4 aliphatic rings. The van der Waals surface area contributed by atoms with Gasteiger partial charge < -0.3 is 25.3 Å². The molecule has 242 valence electrons. The third-order valence-electron chi connectivity index (χ3n) is 11.3. The van der Waals surface area contributed by atoms with Gasteiger partial charge in [-0.2, -0.15) is 0 Å². The Bertz CT molecular complexity index is 1520. The summed E-state index contributed by atoms with van der Waals surface area (Å²) < 4.78 is 5.44. The Labute approximate surface area is 271 Å². The number of amides is 1. The number of fused-ring (bicyclic) bond motifs is 3. The predicted octanol–water partition coefficient (Wildman–Crippen LogP) is 5.91. The molecule has 3 atom stereocenters. The number of hydrogen-bond donors (Lipinski definition) is 3. The summed E-state index contributed by atoms with van der Waals surface area (Å²) in [5.74, 6) is 1.38. The van der Waals surface area contributed by atoms with Gasteiger partial charge in [-0.3, -0.25) is 9.59 Å². The van der Waals surface area contributed by atoms with E-state index in [-0.39, 0.29) is 23.8 Å². The van der Waals surface area contributed by atoms with E-state index in [2.05, 4.69) is 72.5 Å². The number of Topliss-reactive ketones (excluding diaryl/α,β-unsaturated/α-hetero) is 1. The Morgan fingerprint density at radius 2 is 1.73 bits per heavy atom.